The second-order valence-corrected chi connectivity index (χ2v) is 6.86. The van der Waals surface area contributed by atoms with Crippen LogP contribution in [0.15, 0.2) is 55.1 Å². The maximum absolute atomic E-state index is 11.9. The van der Waals surface area contributed by atoms with Crippen LogP contribution in [0.4, 0.5) is 0 Å². The zero-order valence-electron chi connectivity index (χ0n) is 13.3. The van der Waals surface area contributed by atoms with Crippen molar-refractivity contribution in [1.82, 2.24) is 5.32 Å². The highest BCUT2D eigenvalue weighted by Gasteiger charge is 2.28. The average Bonchev–Trinajstić information content (AvgIpc) is 2.58. The lowest BCUT2D eigenvalue weighted by atomic mass is 9.76. The molecule has 1 aliphatic rings. The molecule has 2 aromatic rings. The zero-order chi connectivity index (χ0) is 17.1. The van der Waals surface area contributed by atoms with Crippen LogP contribution in [0.25, 0.3) is 0 Å². The highest BCUT2D eigenvalue weighted by atomic mass is 35.5. The van der Waals surface area contributed by atoms with Gasteiger partial charge in [-0.15, -0.1) is 6.58 Å². The van der Waals surface area contributed by atoms with Crippen LogP contribution in [-0.4, -0.2) is 5.91 Å². The summed E-state index contributed by atoms with van der Waals surface area (Å²) in [4.78, 5) is 11.9. The van der Waals surface area contributed by atoms with Crippen molar-refractivity contribution in [2.45, 2.75) is 31.2 Å². The summed E-state index contributed by atoms with van der Waals surface area (Å²) in [6.07, 6.45) is 3.82. The van der Waals surface area contributed by atoms with E-state index >= 15 is 0 Å². The van der Waals surface area contributed by atoms with Crippen LogP contribution in [0.2, 0.25) is 10.0 Å². The van der Waals surface area contributed by atoms with E-state index in [1.807, 2.05) is 30.3 Å². The van der Waals surface area contributed by atoms with Gasteiger partial charge < -0.3 is 5.32 Å². The molecule has 2 atom stereocenters. The highest BCUT2D eigenvalue weighted by Crippen LogP contribution is 2.42. The Bertz CT molecular complexity index is 772. The first-order valence-corrected chi connectivity index (χ1v) is 8.79. The Morgan fingerprint density at radius 1 is 1.12 bits per heavy atom. The number of rotatable bonds is 4. The van der Waals surface area contributed by atoms with Crippen LogP contribution in [-0.2, 0) is 4.79 Å². The van der Waals surface area contributed by atoms with Gasteiger partial charge in [0.15, 0.2) is 0 Å². The van der Waals surface area contributed by atoms with Gasteiger partial charge in [0.2, 0.25) is 5.91 Å². The highest BCUT2D eigenvalue weighted by molar-refractivity contribution is 6.42. The summed E-state index contributed by atoms with van der Waals surface area (Å²) in [6.45, 7) is 3.62. The van der Waals surface area contributed by atoms with Crippen molar-refractivity contribution in [3.63, 3.8) is 0 Å². The first-order chi connectivity index (χ1) is 11.6. The molecule has 0 aromatic heterocycles. The molecular weight excluding hydrogens is 341 g/mol. The molecule has 2 nitrogen and oxygen atoms in total. The van der Waals surface area contributed by atoms with Crippen LogP contribution >= 0.6 is 23.2 Å². The SMILES string of the molecule is C=CCC(=O)N[C@@H]1CC[C@@H](c2ccc(Cl)c(Cl)c2)c2ccccc21. The Kier molecular flexibility index (Phi) is 5.27. The van der Waals surface area contributed by atoms with Gasteiger partial charge in [-0.3, -0.25) is 4.79 Å². The predicted molar refractivity (Wildman–Crippen MR) is 99.7 cm³/mol. The van der Waals surface area contributed by atoms with Gasteiger partial charge in [-0.25, -0.2) is 0 Å². The number of hydrogen-bond donors (Lipinski definition) is 1. The van der Waals surface area contributed by atoms with Crippen molar-refractivity contribution in [2.75, 3.05) is 0 Å². The minimum absolute atomic E-state index is 0.0118. The Hall–Kier alpha value is -1.77. The number of hydrogen-bond acceptors (Lipinski definition) is 1. The predicted octanol–water partition coefficient (Wildman–Crippen LogP) is 5.65. The molecule has 1 aliphatic carbocycles. The van der Waals surface area contributed by atoms with Crippen LogP contribution in [0, 0.1) is 0 Å². The van der Waals surface area contributed by atoms with E-state index in [4.69, 9.17) is 23.2 Å². The smallest absolute Gasteiger partial charge is 0.224 e. The molecule has 0 bridgehead atoms. The molecule has 0 fully saturated rings. The van der Waals surface area contributed by atoms with Crippen molar-refractivity contribution in [3.8, 4) is 0 Å². The second kappa shape index (κ2) is 7.42. The Balaban J connectivity index is 1.92. The lowest BCUT2D eigenvalue weighted by molar-refractivity contribution is -0.121. The normalized spacial score (nSPS) is 19.4. The van der Waals surface area contributed by atoms with Crippen molar-refractivity contribution >= 4 is 29.1 Å². The molecule has 2 aromatic carbocycles. The third-order valence-electron chi connectivity index (χ3n) is 4.50. The van der Waals surface area contributed by atoms with Crippen molar-refractivity contribution in [1.29, 1.82) is 0 Å². The Labute approximate surface area is 152 Å². The van der Waals surface area contributed by atoms with E-state index < -0.39 is 0 Å². The third-order valence-corrected chi connectivity index (χ3v) is 5.24. The zero-order valence-corrected chi connectivity index (χ0v) is 14.8. The summed E-state index contributed by atoms with van der Waals surface area (Å²) < 4.78 is 0. The molecule has 124 valence electrons. The number of carbonyl (C=O) groups is 1. The molecule has 0 unspecified atom stereocenters. The molecule has 3 rings (SSSR count). The van der Waals surface area contributed by atoms with E-state index in [0.717, 1.165) is 18.4 Å². The number of halogens is 2. The molecule has 0 spiro atoms. The maximum Gasteiger partial charge on any atom is 0.224 e. The lowest BCUT2D eigenvalue weighted by Gasteiger charge is -2.32. The van der Waals surface area contributed by atoms with E-state index in [2.05, 4.69) is 24.0 Å². The number of carbonyl (C=O) groups excluding carboxylic acids is 1. The van der Waals surface area contributed by atoms with Gasteiger partial charge in [0.05, 0.1) is 16.1 Å². The number of nitrogens with one attached hydrogen (secondary N) is 1. The molecule has 24 heavy (non-hydrogen) atoms. The van der Waals surface area contributed by atoms with Gasteiger partial charge in [-0.05, 0) is 41.7 Å². The van der Waals surface area contributed by atoms with Crippen molar-refractivity contribution in [3.05, 3.63) is 81.9 Å². The van der Waals surface area contributed by atoms with Crippen molar-refractivity contribution < 1.29 is 4.79 Å². The topological polar surface area (TPSA) is 29.1 Å². The summed E-state index contributed by atoms with van der Waals surface area (Å²) in [6, 6.07) is 14.2. The van der Waals surface area contributed by atoms with E-state index in [1.165, 1.54) is 11.1 Å². The van der Waals surface area contributed by atoms with E-state index in [-0.39, 0.29) is 17.9 Å². The van der Waals surface area contributed by atoms with Gasteiger partial charge in [-0.2, -0.15) is 0 Å². The lowest BCUT2D eigenvalue weighted by Crippen LogP contribution is -2.31. The molecule has 0 heterocycles. The quantitative estimate of drug-likeness (QED) is 0.701. The summed E-state index contributed by atoms with van der Waals surface area (Å²) in [5, 5.41) is 4.26. The second-order valence-electron chi connectivity index (χ2n) is 6.05. The molecule has 0 saturated carbocycles. The number of fused-ring (bicyclic) bond motifs is 1. The molecule has 0 radical (unpaired) electrons. The Morgan fingerprint density at radius 3 is 2.58 bits per heavy atom. The maximum atomic E-state index is 11.9. The molecule has 1 N–H and O–H groups in total. The van der Waals surface area contributed by atoms with Gasteiger partial charge >= 0.3 is 0 Å². The van der Waals surface area contributed by atoms with Crippen LogP contribution in [0.1, 0.15) is 47.9 Å². The monoisotopic (exact) mass is 359 g/mol. The molecular formula is C20H19Cl2NO. The molecule has 0 aliphatic heterocycles. The number of amides is 1. The van der Waals surface area contributed by atoms with Gasteiger partial charge in [0, 0.05) is 12.3 Å². The average molecular weight is 360 g/mol. The van der Waals surface area contributed by atoms with Crippen molar-refractivity contribution in [2.24, 2.45) is 0 Å². The van der Waals surface area contributed by atoms with E-state index in [1.54, 1.807) is 6.08 Å². The Morgan fingerprint density at radius 2 is 1.88 bits per heavy atom. The minimum atomic E-state index is 0.0118. The first-order valence-electron chi connectivity index (χ1n) is 8.04. The largest absolute Gasteiger partial charge is 0.349 e. The van der Waals surface area contributed by atoms with Gasteiger partial charge in [-0.1, -0.05) is 59.6 Å². The summed E-state index contributed by atoms with van der Waals surface area (Å²) in [7, 11) is 0. The molecule has 4 heteroatoms. The van der Waals surface area contributed by atoms with Gasteiger partial charge in [0.1, 0.15) is 0 Å². The fourth-order valence-corrected chi connectivity index (χ4v) is 3.71. The minimum Gasteiger partial charge on any atom is -0.349 e. The van der Waals surface area contributed by atoms with E-state index in [0.29, 0.717) is 16.5 Å². The molecule has 1 amide bonds. The first kappa shape index (κ1) is 17.1. The fraction of sp³-hybridized carbons (Fsp3) is 0.250. The summed E-state index contributed by atoms with van der Waals surface area (Å²) in [5.41, 5.74) is 3.58. The molecule has 0 saturated heterocycles. The van der Waals surface area contributed by atoms with Gasteiger partial charge in [0.25, 0.3) is 0 Å². The standard InChI is InChI=1S/C20H19Cl2NO/c1-2-5-20(24)23-19-11-9-14(15-6-3-4-7-16(15)19)13-8-10-17(21)18(22)12-13/h2-4,6-8,10,12,14,19H,1,5,9,11H2,(H,23,24)/t14-,19+/m0/s1. The summed E-state index contributed by atoms with van der Waals surface area (Å²) >= 11 is 12.2. The number of benzene rings is 2. The fourth-order valence-electron chi connectivity index (χ4n) is 3.40. The van der Waals surface area contributed by atoms with E-state index in [9.17, 15) is 4.79 Å². The third kappa shape index (κ3) is 3.50. The van der Waals surface area contributed by atoms with Crippen LogP contribution in [0.3, 0.4) is 0 Å². The summed E-state index contributed by atoms with van der Waals surface area (Å²) in [5.74, 6) is 0.279. The van der Waals surface area contributed by atoms with Crippen LogP contribution in [0.5, 0.6) is 0 Å². The van der Waals surface area contributed by atoms with Crippen LogP contribution < -0.4 is 5.32 Å².